The molecule has 4 N–H and O–H groups in total. The van der Waals surface area contributed by atoms with Gasteiger partial charge in [-0.1, -0.05) is 18.1 Å². The van der Waals surface area contributed by atoms with Crippen molar-refractivity contribution in [3.8, 4) is 28.8 Å². The van der Waals surface area contributed by atoms with E-state index in [4.69, 9.17) is 11.5 Å². The fourth-order valence-corrected chi connectivity index (χ4v) is 2.80. The van der Waals surface area contributed by atoms with Gasteiger partial charge in [0.25, 0.3) is 0 Å². The summed E-state index contributed by atoms with van der Waals surface area (Å²) in [6.07, 6.45) is -4.72. The Morgan fingerprint density at radius 3 is 2.31 bits per heavy atom. The highest BCUT2D eigenvalue weighted by atomic mass is 19.4. The number of ether oxygens (including phenoxy) is 1. The molecule has 0 bridgehead atoms. The first-order chi connectivity index (χ1) is 12.2. The number of rotatable bonds is 4. The van der Waals surface area contributed by atoms with E-state index >= 15 is 0 Å². The largest absolute Gasteiger partial charge is 0.573 e. The lowest BCUT2D eigenvalue weighted by atomic mass is 9.94. The number of hydrogen-bond acceptors (Lipinski definition) is 4. The van der Waals surface area contributed by atoms with Crippen LogP contribution in [-0.4, -0.2) is 13.4 Å². The fraction of sp³-hybridized carbons (Fsp3) is 0.263. The highest BCUT2D eigenvalue weighted by Gasteiger charge is 2.31. The lowest BCUT2D eigenvalue weighted by Crippen LogP contribution is -2.17. The monoisotopic (exact) mass is 363 g/mol. The van der Waals surface area contributed by atoms with Gasteiger partial charge in [0.15, 0.2) is 0 Å². The second-order valence-electron chi connectivity index (χ2n) is 5.67. The maximum absolute atomic E-state index is 12.3. The SMILES string of the molecule is CC#CN(C)c1c(C)c(-c2ccc(OC(F)(F)F)cc2)cc(CN)c1N. The van der Waals surface area contributed by atoms with Gasteiger partial charge in [-0.3, -0.25) is 0 Å². The van der Waals surface area contributed by atoms with Gasteiger partial charge < -0.3 is 21.1 Å². The first-order valence-electron chi connectivity index (χ1n) is 7.82. The topological polar surface area (TPSA) is 64.5 Å². The number of halogens is 3. The van der Waals surface area contributed by atoms with E-state index in [9.17, 15) is 13.2 Å². The highest BCUT2D eigenvalue weighted by Crippen LogP contribution is 2.38. The van der Waals surface area contributed by atoms with Crippen molar-refractivity contribution in [1.29, 1.82) is 0 Å². The molecule has 0 atom stereocenters. The van der Waals surface area contributed by atoms with Crippen LogP contribution in [0.5, 0.6) is 5.75 Å². The molecule has 0 fully saturated rings. The molecule has 138 valence electrons. The van der Waals surface area contributed by atoms with Crippen molar-refractivity contribution in [3.05, 3.63) is 41.5 Å². The van der Waals surface area contributed by atoms with Gasteiger partial charge in [-0.25, -0.2) is 0 Å². The van der Waals surface area contributed by atoms with Gasteiger partial charge in [0.05, 0.1) is 11.4 Å². The molecule has 2 aromatic rings. The molecular weight excluding hydrogens is 343 g/mol. The third-order valence-electron chi connectivity index (χ3n) is 3.91. The van der Waals surface area contributed by atoms with Gasteiger partial charge in [0.1, 0.15) is 5.75 Å². The predicted octanol–water partition coefficient (Wildman–Crippen LogP) is 4.02. The smallest absolute Gasteiger partial charge is 0.406 e. The molecule has 0 saturated heterocycles. The standard InChI is InChI=1S/C19H20F3N3O/c1-4-9-25(3)18-12(2)16(10-14(11-23)17(18)24)13-5-7-15(8-6-13)26-19(20,21)22/h5-8,10H,11,23-24H2,1-3H3. The zero-order valence-corrected chi connectivity index (χ0v) is 14.7. The molecule has 4 nitrogen and oxygen atoms in total. The number of nitrogens with two attached hydrogens (primary N) is 2. The number of benzene rings is 2. The Kier molecular flexibility index (Phi) is 5.68. The zero-order chi connectivity index (χ0) is 19.5. The summed E-state index contributed by atoms with van der Waals surface area (Å²) in [6.45, 7) is 3.83. The minimum absolute atomic E-state index is 0.231. The molecule has 0 aliphatic heterocycles. The fourth-order valence-electron chi connectivity index (χ4n) is 2.80. The molecule has 0 aromatic heterocycles. The number of nitrogen functional groups attached to an aromatic ring is 1. The number of hydrogen-bond donors (Lipinski definition) is 2. The maximum atomic E-state index is 12.3. The Labute approximate surface area is 150 Å². The molecule has 0 radical (unpaired) electrons. The summed E-state index contributed by atoms with van der Waals surface area (Å²) in [7, 11) is 1.79. The average Bonchev–Trinajstić information content (AvgIpc) is 2.55. The normalized spacial score (nSPS) is 10.9. The summed E-state index contributed by atoms with van der Waals surface area (Å²) in [4.78, 5) is 1.72. The minimum Gasteiger partial charge on any atom is -0.406 e. The molecule has 26 heavy (non-hydrogen) atoms. The average molecular weight is 363 g/mol. The van der Waals surface area contributed by atoms with Crippen molar-refractivity contribution in [2.24, 2.45) is 5.73 Å². The molecule has 0 amide bonds. The van der Waals surface area contributed by atoms with Crippen LogP contribution in [0.3, 0.4) is 0 Å². The van der Waals surface area contributed by atoms with Crippen molar-refractivity contribution in [2.45, 2.75) is 26.8 Å². The van der Waals surface area contributed by atoms with E-state index in [1.165, 1.54) is 12.1 Å². The first-order valence-corrected chi connectivity index (χ1v) is 7.82. The van der Waals surface area contributed by atoms with E-state index in [1.54, 1.807) is 31.0 Å². The Balaban J connectivity index is 2.55. The molecule has 0 spiro atoms. The highest BCUT2D eigenvalue weighted by molar-refractivity contribution is 5.85. The van der Waals surface area contributed by atoms with Gasteiger partial charge >= 0.3 is 6.36 Å². The number of alkyl halides is 3. The molecule has 0 unspecified atom stereocenters. The third-order valence-corrected chi connectivity index (χ3v) is 3.91. The Bertz CT molecular complexity index is 850. The maximum Gasteiger partial charge on any atom is 0.573 e. The van der Waals surface area contributed by atoms with Gasteiger partial charge in [-0.2, -0.15) is 0 Å². The lowest BCUT2D eigenvalue weighted by molar-refractivity contribution is -0.274. The van der Waals surface area contributed by atoms with Crippen LogP contribution >= 0.6 is 0 Å². The number of anilines is 2. The van der Waals surface area contributed by atoms with Gasteiger partial charge in [0.2, 0.25) is 0 Å². The summed E-state index contributed by atoms with van der Waals surface area (Å²) >= 11 is 0. The van der Waals surface area contributed by atoms with E-state index in [-0.39, 0.29) is 12.3 Å². The molecule has 0 aliphatic carbocycles. The molecule has 2 aromatic carbocycles. The van der Waals surface area contributed by atoms with E-state index < -0.39 is 6.36 Å². The predicted molar refractivity (Wildman–Crippen MR) is 97.5 cm³/mol. The van der Waals surface area contributed by atoms with Crippen molar-refractivity contribution < 1.29 is 17.9 Å². The van der Waals surface area contributed by atoms with Crippen LogP contribution in [-0.2, 0) is 6.54 Å². The summed E-state index contributed by atoms with van der Waals surface area (Å²) in [5.74, 6) is 2.54. The van der Waals surface area contributed by atoms with Crippen molar-refractivity contribution in [2.75, 3.05) is 17.7 Å². The molecular formula is C19H20F3N3O. The van der Waals surface area contributed by atoms with Gasteiger partial charge in [-0.15, -0.1) is 13.2 Å². The molecule has 0 saturated carbocycles. The van der Waals surface area contributed by atoms with E-state index in [2.05, 4.69) is 16.7 Å². The van der Waals surface area contributed by atoms with Crippen LogP contribution in [0, 0.1) is 18.9 Å². The lowest BCUT2D eigenvalue weighted by Gasteiger charge is -2.22. The Morgan fingerprint density at radius 2 is 1.81 bits per heavy atom. The van der Waals surface area contributed by atoms with Crippen LogP contribution in [0.4, 0.5) is 24.5 Å². The molecule has 0 heterocycles. The molecule has 7 heteroatoms. The van der Waals surface area contributed by atoms with Crippen LogP contribution in [0.25, 0.3) is 11.1 Å². The number of nitrogens with zero attached hydrogens (tertiary/aromatic N) is 1. The van der Waals surface area contributed by atoms with E-state index in [1.807, 2.05) is 13.0 Å². The third kappa shape index (κ3) is 4.21. The van der Waals surface area contributed by atoms with E-state index in [0.717, 1.165) is 27.9 Å². The first kappa shape index (κ1) is 19.5. The second-order valence-corrected chi connectivity index (χ2v) is 5.67. The van der Waals surface area contributed by atoms with Gasteiger partial charge in [-0.05, 0) is 54.3 Å². The van der Waals surface area contributed by atoms with Crippen molar-refractivity contribution >= 4 is 11.4 Å². The Hall–Kier alpha value is -2.85. The summed E-state index contributed by atoms with van der Waals surface area (Å²) in [5, 5.41) is 0. The summed E-state index contributed by atoms with van der Waals surface area (Å²) in [6, 6.07) is 10.5. The van der Waals surface area contributed by atoms with Gasteiger partial charge in [0, 0.05) is 19.6 Å². The quantitative estimate of drug-likeness (QED) is 0.489. The minimum atomic E-state index is -4.72. The molecule has 2 rings (SSSR count). The van der Waals surface area contributed by atoms with Crippen LogP contribution < -0.4 is 21.1 Å². The van der Waals surface area contributed by atoms with Crippen LogP contribution in [0.1, 0.15) is 18.1 Å². The van der Waals surface area contributed by atoms with Crippen molar-refractivity contribution in [1.82, 2.24) is 0 Å². The summed E-state index contributed by atoms with van der Waals surface area (Å²) in [5.41, 5.74) is 16.4. The molecule has 0 aliphatic rings. The summed E-state index contributed by atoms with van der Waals surface area (Å²) < 4.78 is 40.9. The van der Waals surface area contributed by atoms with Crippen LogP contribution in [0.2, 0.25) is 0 Å². The van der Waals surface area contributed by atoms with Crippen molar-refractivity contribution in [3.63, 3.8) is 0 Å². The zero-order valence-electron chi connectivity index (χ0n) is 14.7. The Morgan fingerprint density at radius 1 is 1.19 bits per heavy atom. The second kappa shape index (κ2) is 7.58. The van der Waals surface area contributed by atoms with Crippen LogP contribution in [0.15, 0.2) is 30.3 Å². The van der Waals surface area contributed by atoms with E-state index in [0.29, 0.717) is 5.69 Å².